The van der Waals surface area contributed by atoms with Crippen molar-refractivity contribution in [2.45, 2.75) is 32.9 Å². The molecule has 0 aromatic heterocycles. The molecule has 0 bridgehead atoms. The van der Waals surface area contributed by atoms with Crippen LogP contribution in [0.25, 0.3) is 0 Å². The van der Waals surface area contributed by atoms with Gasteiger partial charge in [-0.25, -0.2) is 9.59 Å². The molecule has 2 N–H and O–H groups in total. The minimum Gasteiger partial charge on any atom is -0.466 e. The van der Waals surface area contributed by atoms with Crippen LogP contribution in [0.4, 0.5) is 10.5 Å². The number of carbonyl (C=O) groups excluding carboxylic acids is 3. The zero-order chi connectivity index (χ0) is 24.9. The molecule has 0 unspecified atom stereocenters. The number of esters is 1. The van der Waals surface area contributed by atoms with Crippen molar-refractivity contribution in [2.75, 3.05) is 58.3 Å². The quantitative estimate of drug-likeness (QED) is 0.571. The minimum atomic E-state index is -0.574. The number of hydrogen-bond acceptors (Lipinski definition) is 8. The summed E-state index contributed by atoms with van der Waals surface area (Å²) in [5.41, 5.74) is 1.61. The summed E-state index contributed by atoms with van der Waals surface area (Å²) in [6, 6.07) is 7.64. The maximum atomic E-state index is 12.7. The molecule has 3 rings (SSSR count). The Balaban J connectivity index is 1.63. The lowest BCUT2D eigenvalue weighted by Crippen LogP contribution is -2.49. The van der Waals surface area contributed by atoms with Crippen LogP contribution in [0.1, 0.15) is 26.3 Å². The third kappa shape index (κ3) is 6.48. The van der Waals surface area contributed by atoms with Crippen LogP contribution in [-0.2, 0) is 25.6 Å². The summed E-state index contributed by atoms with van der Waals surface area (Å²) in [5, 5.41) is 12.3. The maximum Gasteiger partial charge on any atom is 0.410 e. The van der Waals surface area contributed by atoms with Gasteiger partial charge in [0.05, 0.1) is 25.8 Å². The molecule has 34 heavy (non-hydrogen) atoms. The first-order valence-electron chi connectivity index (χ1n) is 11.4. The van der Waals surface area contributed by atoms with E-state index in [1.807, 2.05) is 45.0 Å². The van der Waals surface area contributed by atoms with E-state index in [2.05, 4.69) is 10.2 Å². The van der Waals surface area contributed by atoms with E-state index in [9.17, 15) is 19.5 Å². The lowest BCUT2D eigenvalue weighted by atomic mass is 10.1. The summed E-state index contributed by atoms with van der Waals surface area (Å²) in [6.45, 7) is 8.94. The van der Waals surface area contributed by atoms with Crippen molar-refractivity contribution in [3.05, 3.63) is 41.1 Å². The Morgan fingerprint density at radius 3 is 2.47 bits per heavy atom. The average molecular weight is 475 g/mol. The third-order valence-corrected chi connectivity index (χ3v) is 5.58. The molecule has 1 saturated heterocycles. The zero-order valence-corrected chi connectivity index (χ0v) is 20.3. The number of aliphatic hydroxyl groups is 1. The summed E-state index contributed by atoms with van der Waals surface area (Å²) in [4.78, 5) is 42.6. The zero-order valence-electron chi connectivity index (χ0n) is 20.3. The van der Waals surface area contributed by atoms with Gasteiger partial charge in [0.15, 0.2) is 0 Å². The van der Waals surface area contributed by atoms with Gasteiger partial charge in [0, 0.05) is 45.0 Å². The summed E-state index contributed by atoms with van der Waals surface area (Å²) >= 11 is 0. The second-order valence-electron chi connectivity index (χ2n) is 9.36. The Hall–Kier alpha value is -3.11. The molecule has 2 aliphatic heterocycles. The molecule has 2 amide bonds. The van der Waals surface area contributed by atoms with Crippen LogP contribution < -0.4 is 5.32 Å². The fourth-order valence-corrected chi connectivity index (χ4v) is 3.91. The molecule has 0 radical (unpaired) electrons. The molecule has 2 heterocycles. The molecule has 0 aliphatic carbocycles. The summed E-state index contributed by atoms with van der Waals surface area (Å²) in [6.07, 6.45) is -0.287. The number of piperazine rings is 1. The fraction of sp³-hybridized carbons (Fsp3) is 0.542. The Morgan fingerprint density at radius 1 is 1.15 bits per heavy atom. The third-order valence-electron chi connectivity index (χ3n) is 5.58. The Labute approximate surface area is 200 Å². The molecule has 10 heteroatoms. The van der Waals surface area contributed by atoms with Gasteiger partial charge in [0.25, 0.3) is 5.91 Å². The molecule has 2 aliphatic rings. The molecule has 10 nitrogen and oxygen atoms in total. The molecule has 1 aromatic carbocycles. The highest BCUT2D eigenvalue weighted by molar-refractivity contribution is 6.08. The summed E-state index contributed by atoms with van der Waals surface area (Å²) < 4.78 is 10.3. The van der Waals surface area contributed by atoms with Crippen LogP contribution in [0, 0.1) is 0 Å². The number of carbonyl (C=O) groups is 3. The van der Waals surface area contributed by atoms with E-state index < -0.39 is 11.6 Å². The van der Waals surface area contributed by atoms with Gasteiger partial charge in [-0.3, -0.25) is 9.69 Å². The molecular formula is C24H34N4O6. The number of rotatable bonds is 7. The highest BCUT2D eigenvalue weighted by Crippen LogP contribution is 2.24. The summed E-state index contributed by atoms with van der Waals surface area (Å²) in [5.74, 6) is -0.923. The monoisotopic (exact) mass is 474 g/mol. The van der Waals surface area contributed by atoms with Gasteiger partial charge in [-0.05, 0) is 38.5 Å². The fourth-order valence-electron chi connectivity index (χ4n) is 3.91. The molecule has 1 aromatic rings. The number of nitrogens with zero attached hydrogens (tertiary/aromatic N) is 3. The largest absolute Gasteiger partial charge is 0.466 e. The summed E-state index contributed by atoms with van der Waals surface area (Å²) in [7, 11) is 1.27. The molecule has 0 spiro atoms. The number of β-amino-alcohol motifs (C(OH)–C–C–N with tert-alkyl or cyclic N) is 1. The van der Waals surface area contributed by atoms with Crippen LogP contribution in [-0.4, -0.2) is 96.4 Å². The number of hydrogen-bond donors (Lipinski definition) is 2. The lowest BCUT2D eigenvalue weighted by molar-refractivity contribution is -0.136. The van der Waals surface area contributed by atoms with E-state index in [0.29, 0.717) is 25.3 Å². The van der Waals surface area contributed by atoms with Crippen molar-refractivity contribution in [2.24, 2.45) is 0 Å². The van der Waals surface area contributed by atoms with E-state index >= 15 is 0 Å². The predicted octanol–water partition coefficient (Wildman–Crippen LogP) is 1.41. The van der Waals surface area contributed by atoms with E-state index in [-0.39, 0.29) is 43.0 Å². The normalized spacial score (nSPS) is 17.3. The molecule has 0 saturated carbocycles. The Kier molecular flexibility index (Phi) is 8.16. The number of ether oxygens (including phenoxy) is 2. The smallest absolute Gasteiger partial charge is 0.410 e. The van der Waals surface area contributed by atoms with Gasteiger partial charge in [-0.1, -0.05) is 12.1 Å². The topological polar surface area (TPSA) is 112 Å². The van der Waals surface area contributed by atoms with Crippen molar-refractivity contribution in [1.82, 2.24) is 14.7 Å². The van der Waals surface area contributed by atoms with Gasteiger partial charge < -0.3 is 29.7 Å². The number of nitrogens with one attached hydrogen (secondary N) is 1. The van der Waals surface area contributed by atoms with E-state index in [1.165, 1.54) is 12.0 Å². The van der Waals surface area contributed by atoms with Crippen molar-refractivity contribution >= 4 is 23.7 Å². The lowest BCUT2D eigenvalue weighted by Gasteiger charge is -2.35. The molecular weight excluding hydrogens is 440 g/mol. The van der Waals surface area contributed by atoms with Crippen LogP contribution in [0.3, 0.4) is 0 Å². The van der Waals surface area contributed by atoms with Crippen molar-refractivity contribution in [3.63, 3.8) is 0 Å². The highest BCUT2D eigenvalue weighted by atomic mass is 16.6. The van der Waals surface area contributed by atoms with Crippen molar-refractivity contribution in [3.8, 4) is 0 Å². The molecule has 1 fully saturated rings. The number of anilines is 1. The van der Waals surface area contributed by atoms with Gasteiger partial charge in [0.1, 0.15) is 11.3 Å². The Morgan fingerprint density at radius 2 is 1.85 bits per heavy atom. The predicted molar refractivity (Wildman–Crippen MR) is 126 cm³/mol. The standard InChI is InChI=1S/C24H34N4O6/c1-24(2,3)34-23(32)27-10-8-26(9-11-27)15-17-6-5-7-18(14-17)25-20-19(22(31)33-4)16-28(12-13-29)21(20)30/h5-7,14,25,29H,8-13,15-16H2,1-4H3. The van der Waals surface area contributed by atoms with Crippen molar-refractivity contribution in [1.29, 1.82) is 0 Å². The highest BCUT2D eigenvalue weighted by Gasteiger charge is 2.34. The number of aliphatic hydroxyl groups excluding tert-OH is 1. The van der Waals surface area contributed by atoms with Gasteiger partial charge in [0.2, 0.25) is 0 Å². The van der Waals surface area contributed by atoms with Gasteiger partial charge >= 0.3 is 12.1 Å². The molecule has 0 atom stereocenters. The first-order chi connectivity index (χ1) is 16.1. The second-order valence-corrected chi connectivity index (χ2v) is 9.36. The van der Waals surface area contributed by atoms with Gasteiger partial charge in [-0.15, -0.1) is 0 Å². The SMILES string of the molecule is COC(=O)C1=C(Nc2cccc(CN3CCN(C(=O)OC(C)(C)C)CC3)c2)C(=O)N(CCO)C1. The first-order valence-corrected chi connectivity index (χ1v) is 11.4. The van der Waals surface area contributed by atoms with Gasteiger partial charge in [-0.2, -0.15) is 0 Å². The van der Waals surface area contributed by atoms with E-state index in [0.717, 1.165) is 18.7 Å². The second kappa shape index (κ2) is 10.9. The average Bonchev–Trinajstić information content (AvgIpc) is 3.08. The van der Waals surface area contributed by atoms with Crippen LogP contribution in [0.5, 0.6) is 0 Å². The van der Waals surface area contributed by atoms with Crippen LogP contribution in [0.2, 0.25) is 0 Å². The number of benzene rings is 1. The first kappa shape index (κ1) is 25.5. The van der Waals surface area contributed by atoms with E-state index in [4.69, 9.17) is 9.47 Å². The Bertz CT molecular complexity index is 947. The van der Waals surface area contributed by atoms with Crippen LogP contribution >= 0.6 is 0 Å². The van der Waals surface area contributed by atoms with E-state index in [1.54, 1.807) is 4.90 Å². The van der Waals surface area contributed by atoms with Crippen molar-refractivity contribution < 1.29 is 29.0 Å². The maximum absolute atomic E-state index is 12.7. The number of methoxy groups -OCH3 is 1. The number of amides is 2. The minimum absolute atomic E-state index is 0.0933. The molecule has 186 valence electrons. The van der Waals surface area contributed by atoms with Crippen LogP contribution in [0.15, 0.2) is 35.5 Å².